The largest absolute Gasteiger partial charge is 0.416 e. The summed E-state index contributed by atoms with van der Waals surface area (Å²) in [5, 5.41) is 3.30. The van der Waals surface area contributed by atoms with Crippen molar-refractivity contribution >= 4 is 5.91 Å². The highest BCUT2D eigenvalue weighted by Crippen LogP contribution is 2.50. The molecular formula is C20H20F3N3O. The van der Waals surface area contributed by atoms with Gasteiger partial charge < -0.3 is 10.2 Å². The van der Waals surface area contributed by atoms with Crippen molar-refractivity contribution in [1.82, 2.24) is 15.2 Å². The van der Waals surface area contributed by atoms with Gasteiger partial charge in [-0.3, -0.25) is 9.78 Å². The molecule has 1 aromatic carbocycles. The Morgan fingerprint density at radius 3 is 2.74 bits per heavy atom. The topological polar surface area (TPSA) is 45.2 Å². The quantitative estimate of drug-likeness (QED) is 0.895. The van der Waals surface area contributed by atoms with E-state index in [1.54, 1.807) is 18.5 Å². The lowest BCUT2D eigenvalue weighted by molar-refractivity contribution is -0.137. The summed E-state index contributed by atoms with van der Waals surface area (Å²) in [5.74, 6) is -0.359. The monoisotopic (exact) mass is 375 g/mol. The van der Waals surface area contributed by atoms with E-state index in [0.717, 1.165) is 11.6 Å². The van der Waals surface area contributed by atoms with Gasteiger partial charge in [-0.1, -0.05) is 24.3 Å². The van der Waals surface area contributed by atoms with Crippen molar-refractivity contribution in [2.24, 2.45) is 5.92 Å². The smallest absolute Gasteiger partial charge is 0.333 e. The third kappa shape index (κ3) is 3.69. The molecule has 4 rings (SSSR count). The molecular weight excluding hydrogens is 355 g/mol. The second kappa shape index (κ2) is 6.96. The molecule has 4 nitrogen and oxygen atoms in total. The molecule has 0 bridgehead atoms. The van der Waals surface area contributed by atoms with Crippen LogP contribution in [0, 0.1) is 5.92 Å². The number of hydrogen-bond acceptors (Lipinski definition) is 3. The van der Waals surface area contributed by atoms with E-state index in [0.29, 0.717) is 31.6 Å². The zero-order valence-electron chi connectivity index (χ0n) is 14.6. The number of benzene rings is 1. The number of carbonyl (C=O) groups excluding carboxylic acids is 1. The third-order valence-corrected chi connectivity index (χ3v) is 5.35. The first kappa shape index (κ1) is 18.0. The summed E-state index contributed by atoms with van der Waals surface area (Å²) in [6.45, 7) is 1.95. The average molecular weight is 375 g/mol. The number of hydrogen-bond donors (Lipinski definition) is 1. The molecule has 2 aromatic rings. The SMILES string of the molecule is O=C(C1CC1c1cccc(C(F)(F)F)c1)N1CCNCC1c1cccnc1. The standard InChI is InChI=1S/C20H20F3N3O/c21-20(22,23)15-5-1-3-13(9-15)16-10-17(16)19(27)26-8-7-25-12-18(26)14-4-2-6-24-11-14/h1-6,9,11,16-18,25H,7-8,10,12H2. The van der Waals surface area contributed by atoms with Crippen molar-refractivity contribution in [3.05, 3.63) is 65.5 Å². The molecule has 142 valence electrons. The van der Waals surface area contributed by atoms with Crippen LogP contribution in [0.5, 0.6) is 0 Å². The average Bonchev–Trinajstić information content (AvgIpc) is 3.48. The Morgan fingerprint density at radius 2 is 2.00 bits per heavy atom. The first-order valence-electron chi connectivity index (χ1n) is 9.03. The number of nitrogens with zero attached hydrogens (tertiary/aromatic N) is 2. The van der Waals surface area contributed by atoms with Crippen LogP contribution in [0.1, 0.15) is 35.1 Å². The van der Waals surface area contributed by atoms with E-state index in [-0.39, 0.29) is 23.8 Å². The molecule has 0 spiro atoms. The molecule has 2 heterocycles. The summed E-state index contributed by atoms with van der Waals surface area (Å²) < 4.78 is 38.8. The minimum atomic E-state index is -4.37. The number of pyridine rings is 1. The van der Waals surface area contributed by atoms with Gasteiger partial charge in [0.1, 0.15) is 0 Å². The summed E-state index contributed by atoms with van der Waals surface area (Å²) in [6, 6.07) is 9.04. The number of carbonyl (C=O) groups is 1. The molecule has 3 atom stereocenters. The summed E-state index contributed by atoms with van der Waals surface area (Å²) in [6.07, 6.45) is -0.316. The molecule has 1 saturated heterocycles. The van der Waals surface area contributed by atoms with E-state index in [1.165, 1.54) is 12.1 Å². The Hall–Kier alpha value is -2.41. The van der Waals surface area contributed by atoms with Gasteiger partial charge in [0.15, 0.2) is 0 Å². The van der Waals surface area contributed by atoms with Gasteiger partial charge in [0.2, 0.25) is 5.91 Å². The maximum Gasteiger partial charge on any atom is 0.416 e. The van der Waals surface area contributed by atoms with Crippen molar-refractivity contribution in [2.45, 2.75) is 24.6 Å². The van der Waals surface area contributed by atoms with Crippen molar-refractivity contribution in [3.63, 3.8) is 0 Å². The molecule has 7 heteroatoms. The van der Waals surface area contributed by atoms with E-state index >= 15 is 0 Å². The van der Waals surface area contributed by atoms with Crippen LogP contribution in [0.4, 0.5) is 13.2 Å². The van der Waals surface area contributed by atoms with Crippen LogP contribution >= 0.6 is 0 Å². The summed E-state index contributed by atoms with van der Waals surface area (Å²) >= 11 is 0. The van der Waals surface area contributed by atoms with E-state index in [4.69, 9.17) is 0 Å². The molecule has 3 unspecified atom stereocenters. The number of rotatable bonds is 3. The fourth-order valence-corrected chi connectivity index (χ4v) is 3.83. The molecule has 1 aliphatic heterocycles. The van der Waals surface area contributed by atoms with E-state index in [2.05, 4.69) is 10.3 Å². The first-order chi connectivity index (χ1) is 12.9. The Bertz CT molecular complexity index is 825. The van der Waals surface area contributed by atoms with Crippen molar-refractivity contribution < 1.29 is 18.0 Å². The van der Waals surface area contributed by atoms with Gasteiger partial charge in [-0.15, -0.1) is 0 Å². The maximum absolute atomic E-state index is 13.1. The van der Waals surface area contributed by atoms with E-state index < -0.39 is 11.7 Å². The highest BCUT2D eigenvalue weighted by atomic mass is 19.4. The van der Waals surface area contributed by atoms with Crippen molar-refractivity contribution in [3.8, 4) is 0 Å². The predicted octanol–water partition coefficient (Wildman–Crippen LogP) is 3.38. The van der Waals surface area contributed by atoms with Gasteiger partial charge in [-0.2, -0.15) is 13.2 Å². The van der Waals surface area contributed by atoms with Gasteiger partial charge in [0.05, 0.1) is 11.6 Å². The van der Waals surface area contributed by atoms with Gasteiger partial charge in [-0.05, 0) is 35.6 Å². The van der Waals surface area contributed by atoms with E-state index in [1.807, 2.05) is 17.0 Å². The van der Waals surface area contributed by atoms with Crippen molar-refractivity contribution in [1.29, 1.82) is 0 Å². The molecule has 27 heavy (non-hydrogen) atoms. The lowest BCUT2D eigenvalue weighted by Crippen LogP contribution is -2.49. The van der Waals surface area contributed by atoms with Crippen molar-refractivity contribution in [2.75, 3.05) is 19.6 Å². The fourth-order valence-electron chi connectivity index (χ4n) is 3.83. The number of amides is 1. The highest BCUT2D eigenvalue weighted by Gasteiger charge is 2.47. The van der Waals surface area contributed by atoms with Gasteiger partial charge >= 0.3 is 6.18 Å². The second-order valence-corrected chi connectivity index (χ2v) is 7.11. The normalized spacial score (nSPS) is 25.3. The zero-order chi connectivity index (χ0) is 19.0. The van der Waals surface area contributed by atoms with Crippen LogP contribution in [0.3, 0.4) is 0 Å². The molecule has 1 aromatic heterocycles. The van der Waals surface area contributed by atoms with E-state index in [9.17, 15) is 18.0 Å². The summed E-state index contributed by atoms with van der Waals surface area (Å²) in [7, 11) is 0. The first-order valence-corrected chi connectivity index (χ1v) is 9.03. The molecule has 2 fully saturated rings. The number of halogens is 3. The predicted molar refractivity (Wildman–Crippen MR) is 93.9 cm³/mol. The molecule has 1 amide bonds. The molecule has 2 aliphatic rings. The maximum atomic E-state index is 13.1. The Morgan fingerprint density at radius 1 is 1.19 bits per heavy atom. The van der Waals surface area contributed by atoms with Crippen LogP contribution in [0.2, 0.25) is 0 Å². The lowest BCUT2D eigenvalue weighted by atomic mass is 10.0. The highest BCUT2D eigenvalue weighted by molar-refractivity contribution is 5.83. The van der Waals surface area contributed by atoms with Crippen LogP contribution in [0.25, 0.3) is 0 Å². The third-order valence-electron chi connectivity index (χ3n) is 5.35. The summed E-state index contributed by atoms with van der Waals surface area (Å²) in [4.78, 5) is 19.1. The number of aromatic nitrogens is 1. The Balaban J connectivity index is 1.51. The number of alkyl halides is 3. The zero-order valence-corrected chi connectivity index (χ0v) is 14.6. The summed E-state index contributed by atoms with van der Waals surface area (Å²) in [5.41, 5.74) is 0.902. The molecule has 1 N–H and O–H groups in total. The second-order valence-electron chi connectivity index (χ2n) is 7.11. The molecule has 1 aliphatic carbocycles. The van der Waals surface area contributed by atoms with Crippen LogP contribution in [0.15, 0.2) is 48.8 Å². The molecule has 1 saturated carbocycles. The fraction of sp³-hybridized carbons (Fsp3) is 0.400. The minimum Gasteiger partial charge on any atom is -0.333 e. The van der Waals surface area contributed by atoms with Crippen LogP contribution in [-0.2, 0) is 11.0 Å². The lowest BCUT2D eigenvalue weighted by Gasteiger charge is -2.36. The van der Waals surface area contributed by atoms with Gasteiger partial charge in [-0.25, -0.2) is 0 Å². The Kier molecular flexibility index (Phi) is 4.63. The minimum absolute atomic E-state index is 0.0211. The molecule has 0 radical (unpaired) electrons. The number of nitrogens with one attached hydrogen (secondary N) is 1. The number of piperazine rings is 1. The van der Waals surface area contributed by atoms with Crippen LogP contribution < -0.4 is 5.32 Å². The van der Waals surface area contributed by atoms with Crippen LogP contribution in [-0.4, -0.2) is 35.4 Å². The van der Waals surface area contributed by atoms with Gasteiger partial charge in [0.25, 0.3) is 0 Å². The van der Waals surface area contributed by atoms with Gasteiger partial charge in [0, 0.05) is 37.9 Å². The Labute approximate surface area is 155 Å².